The van der Waals surface area contributed by atoms with E-state index in [4.69, 9.17) is 0 Å². The zero-order valence-corrected chi connectivity index (χ0v) is 7.22. The van der Waals surface area contributed by atoms with Crippen LogP contribution in [0.1, 0.15) is 20.8 Å². The molecule has 1 rings (SSSR count). The monoisotopic (exact) mass is 154 g/mol. The molecule has 1 aliphatic rings. The second-order valence-electron chi connectivity index (χ2n) is 3.70. The van der Waals surface area contributed by atoms with Crippen LogP contribution in [0.2, 0.25) is 0 Å². The van der Waals surface area contributed by atoms with Gasteiger partial charge in [0, 0.05) is 23.9 Å². The molecule has 1 heterocycles. The molecule has 0 radical (unpaired) electrons. The molecule has 0 fully saturated rings. The topological polar surface area (TPSA) is 32.3 Å². The summed E-state index contributed by atoms with van der Waals surface area (Å²) in [5.74, 6) is 0. The van der Waals surface area contributed by atoms with Gasteiger partial charge in [-0.15, -0.1) is 0 Å². The van der Waals surface area contributed by atoms with Gasteiger partial charge in [-0.25, -0.2) is 5.43 Å². The molecule has 0 bridgehead atoms. The molecular formula is C8H14N2O. The third kappa shape index (κ3) is 1.80. The first-order chi connectivity index (χ1) is 5.04. The number of hydrogen-bond acceptors (Lipinski definition) is 3. The average Bonchev–Trinajstić information content (AvgIpc) is 2.32. The van der Waals surface area contributed by atoms with Crippen molar-refractivity contribution in [2.24, 2.45) is 0 Å². The van der Waals surface area contributed by atoms with E-state index >= 15 is 0 Å². The molecule has 0 saturated heterocycles. The smallest absolute Gasteiger partial charge is 0.148 e. The third-order valence-electron chi connectivity index (χ3n) is 1.62. The van der Waals surface area contributed by atoms with Gasteiger partial charge in [0.2, 0.25) is 0 Å². The second kappa shape index (κ2) is 2.66. The molecule has 0 atom stereocenters. The van der Waals surface area contributed by atoms with Gasteiger partial charge in [0.05, 0.1) is 0 Å². The van der Waals surface area contributed by atoms with Crippen LogP contribution in [-0.4, -0.2) is 23.4 Å². The first-order valence-corrected chi connectivity index (χ1v) is 3.73. The molecule has 1 N–H and O–H groups in total. The van der Waals surface area contributed by atoms with Gasteiger partial charge in [-0.05, 0) is 20.8 Å². The standard InChI is InChI=1S/C8H14N2O/c1-8(2,3)10-5-7(6-11)4-9-10/h5-6,9H,4H2,1-3H3. The predicted molar refractivity (Wildman–Crippen MR) is 43.7 cm³/mol. The quantitative estimate of drug-likeness (QED) is 0.564. The van der Waals surface area contributed by atoms with E-state index in [0.717, 1.165) is 11.9 Å². The molecule has 3 nitrogen and oxygen atoms in total. The fraction of sp³-hybridized carbons (Fsp3) is 0.625. The van der Waals surface area contributed by atoms with Gasteiger partial charge in [-0.2, -0.15) is 0 Å². The third-order valence-corrected chi connectivity index (χ3v) is 1.62. The number of nitrogens with one attached hydrogen (secondary N) is 1. The fourth-order valence-electron chi connectivity index (χ4n) is 0.936. The van der Waals surface area contributed by atoms with Crippen LogP contribution in [0, 0.1) is 0 Å². The van der Waals surface area contributed by atoms with E-state index in [-0.39, 0.29) is 5.54 Å². The van der Waals surface area contributed by atoms with Crippen LogP contribution in [-0.2, 0) is 4.79 Å². The predicted octanol–water partition coefficient (Wildman–Crippen LogP) is 0.688. The Morgan fingerprint density at radius 1 is 1.64 bits per heavy atom. The Kier molecular flexibility index (Phi) is 2.00. The molecule has 0 aliphatic carbocycles. The lowest BCUT2D eigenvalue weighted by Gasteiger charge is -2.31. The van der Waals surface area contributed by atoms with E-state index in [2.05, 4.69) is 26.2 Å². The van der Waals surface area contributed by atoms with E-state index in [0.29, 0.717) is 6.54 Å². The molecule has 0 aromatic heterocycles. The van der Waals surface area contributed by atoms with Gasteiger partial charge in [0.15, 0.2) is 0 Å². The number of hydrogen-bond donors (Lipinski definition) is 1. The summed E-state index contributed by atoms with van der Waals surface area (Å²) in [5, 5.41) is 1.96. The first-order valence-electron chi connectivity index (χ1n) is 3.73. The molecule has 1 aliphatic heterocycles. The molecule has 3 heteroatoms. The van der Waals surface area contributed by atoms with Crippen LogP contribution in [0.25, 0.3) is 0 Å². The van der Waals surface area contributed by atoms with Crippen LogP contribution in [0.15, 0.2) is 11.8 Å². The van der Waals surface area contributed by atoms with Crippen LogP contribution in [0.5, 0.6) is 0 Å². The minimum absolute atomic E-state index is 0.0464. The fourth-order valence-corrected chi connectivity index (χ4v) is 0.936. The Morgan fingerprint density at radius 3 is 2.55 bits per heavy atom. The molecule has 0 aromatic carbocycles. The van der Waals surface area contributed by atoms with Crippen molar-refractivity contribution in [2.75, 3.05) is 6.54 Å². The maximum Gasteiger partial charge on any atom is 0.148 e. The summed E-state index contributed by atoms with van der Waals surface area (Å²) in [6, 6.07) is 0. The highest BCUT2D eigenvalue weighted by Crippen LogP contribution is 2.15. The summed E-state index contributed by atoms with van der Waals surface area (Å²) in [6.07, 6.45) is 2.74. The Bertz CT molecular complexity index is 191. The highest BCUT2D eigenvalue weighted by molar-refractivity contribution is 5.74. The molecule has 62 valence electrons. The Morgan fingerprint density at radius 2 is 2.27 bits per heavy atom. The number of aldehydes is 1. The summed E-state index contributed by atoms with van der Waals surface area (Å²) in [7, 11) is 0. The summed E-state index contributed by atoms with van der Waals surface area (Å²) in [4.78, 5) is 10.3. The number of rotatable bonds is 1. The van der Waals surface area contributed by atoms with Crippen molar-refractivity contribution in [1.82, 2.24) is 10.4 Å². The van der Waals surface area contributed by atoms with Gasteiger partial charge in [-0.1, -0.05) is 0 Å². The molecule has 0 saturated carbocycles. The molecule has 0 unspecified atom stereocenters. The molecular weight excluding hydrogens is 140 g/mol. The maximum absolute atomic E-state index is 10.3. The van der Waals surface area contributed by atoms with Gasteiger partial charge >= 0.3 is 0 Å². The minimum Gasteiger partial charge on any atom is -0.310 e. The SMILES string of the molecule is CC(C)(C)N1C=C(C=O)CN1. The van der Waals surface area contributed by atoms with E-state index in [9.17, 15) is 4.79 Å². The van der Waals surface area contributed by atoms with Crippen molar-refractivity contribution >= 4 is 6.29 Å². The summed E-state index contributed by atoms with van der Waals surface area (Å²) >= 11 is 0. The lowest BCUT2D eigenvalue weighted by Crippen LogP contribution is -2.43. The minimum atomic E-state index is 0.0464. The lowest BCUT2D eigenvalue weighted by atomic mass is 10.1. The van der Waals surface area contributed by atoms with Gasteiger partial charge < -0.3 is 5.01 Å². The number of nitrogens with zero attached hydrogens (tertiary/aromatic N) is 1. The number of carbonyl (C=O) groups is 1. The first kappa shape index (κ1) is 8.27. The van der Waals surface area contributed by atoms with E-state index < -0.39 is 0 Å². The Balaban J connectivity index is 2.66. The molecule has 11 heavy (non-hydrogen) atoms. The number of carbonyl (C=O) groups excluding carboxylic acids is 1. The highest BCUT2D eigenvalue weighted by Gasteiger charge is 2.22. The summed E-state index contributed by atoms with van der Waals surface area (Å²) in [5.41, 5.74) is 3.96. The van der Waals surface area contributed by atoms with Crippen LogP contribution in [0.3, 0.4) is 0 Å². The average molecular weight is 154 g/mol. The van der Waals surface area contributed by atoms with Crippen molar-refractivity contribution in [1.29, 1.82) is 0 Å². The molecule has 0 aromatic rings. The summed E-state index contributed by atoms with van der Waals surface area (Å²) in [6.45, 7) is 6.92. The van der Waals surface area contributed by atoms with E-state index in [1.807, 2.05) is 11.2 Å². The van der Waals surface area contributed by atoms with Crippen molar-refractivity contribution < 1.29 is 4.79 Å². The van der Waals surface area contributed by atoms with Crippen molar-refractivity contribution in [3.05, 3.63) is 11.8 Å². The van der Waals surface area contributed by atoms with Crippen LogP contribution in [0.4, 0.5) is 0 Å². The zero-order chi connectivity index (χ0) is 8.48. The van der Waals surface area contributed by atoms with E-state index in [1.54, 1.807) is 0 Å². The molecule has 0 amide bonds. The van der Waals surface area contributed by atoms with Crippen molar-refractivity contribution in [2.45, 2.75) is 26.3 Å². The largest absolute Gasteiger partial charge is 0.310 e. The second-order valence-corrected chi connectivity index (χ2v) is 3.70. The molecule has 0 spiro atoms. The lowest BCUT2D eigenvalue weighted by molar-refractivity contribution is -0.104. The van der Waals surface area contributed by atoms with Crippen LogP contribution >= 0.6 is 0 Å². The van der Waals surface area contributed by atoms with Crippen molar-refractivity contribution in [3.8, 4) is 0 Å². The maximum atomic E-state index is 10.3. The zero-order valence-electron chi connectivity index (χ0n) is 7.22. The number of hydrazine groups is 1. The van der Waals surface area contributed by atoms with Gasteiger partial charge in [0.1, 0.15) is 6.29 Å². The Labute approximate surface area is 67.0 Å². The summed E-state index contributed by atoms with van der Waals surface area (Å²) < 4.78 is 0. The Hall–Kier alpha value is -0.830. The van der Waals surface area contributed by atoms with Crippen molar-refractivity contribution in [3.63, 3.8) is 0 Å². The van der Waals surface area contributed by atoms with Gasteiger partial charge in [-0.3, -0.25) is 4.79 Å². The van der Waals surface area contributed by atoms with Gasteiger partial charge in [0.25, 0.3) is 0 Å². The normalized spacial score (nSPS) is 18.5. The highest BCUT2D eigenvalue weighted by atomic mass is 16.1. The van der Waals surface area contributed by atoms with E-state index in [1.165, 1.54) is 0 Å². The van der Waals surface area contributed by atoms with Crippen LogP contribution < -0.4 is 5.43 Å².